The maximum absolute atomic E-state index is 6.05. The number of hydrogen-bond donors (Lipinski definition) is 0. The van der Waals surface area contributed by atoms with Crippen molar-refractivity contribution in [2.45, 2.75) is 6.42 Å². The fourth-order valence-corrected chi connectivity index (χ4v) is 1.73. The van der Waals surface area contributed by atoms with Gasteiger partial charge in [-0.3, -0.25) is 0 Å². The molecule has 2 rings (SSSR count). The molecule has 0 spiro atoms. The third-order valence-electron chi connectivity index (χ3n) is 2.43. The molecule has 0 N–H and O–H groups in total. The van der Waals surface area contributed by atoms with Gasteiger partial charge in [-0.2, -0.15) is 0 Å². The van der Waals surface area contributed by atoms with Crippen LogP contribution in [0.2, 0.25) is 5.02 Å². The minimum absolute atomic E-state index is 0.722. The van der Waals surface area contributed by atoms with Gasteiger partial charge in [0.25, 0.3) is 0 Å². The van der Waals surface area contributed by atoms with Crippen molar-refractivity contribution in [2.75, 3.05) is 0 Å². The predicted molar refractivity (Wildman–Crippen MR) is 78.4 cm³/mol. The number of hydrogen-bond acceptors (Lipinski definition) is 0. The van der Waals surface area contributed by atoms with Gasteiger partial charge in [0.05, 0.1) is 0 Å². The molecule has 0 bridgehead atoms. The van der Waals surface area contributed by atoms with Crippen LogP contribution >= 0.6 is 11.6 Å². The molecular formula is C17H13Cl. The molecule has 0 unspecified atom stereocenters. The summed E-state index contributed by atoms with van der Waals surface area (Å²) < 4.78 is 0. The molecule has 0 saturated heterocycles. The van der Waals surface area contributed by atoms with E-state index in [1.165, 1.54) is 0 Å². The van der Waals surface area contributed by atoms with Crippen LogP contribution in [0.1, 0.15) is 17.5 Å². The van der Waals surface area contributed by atoms with Crippen molar-refractivity contribution in [3.8, 4) is 11.8 Å². The SMILES string of the molecule is Clc1ccccc1/C=C/CC#Cc1ccccc1. The lowest BCUT2D eigenvalue weighted by Crippen LogP contribution is -1.73. The van der Waals surface area contributed by atoms with Crippen LogP contribution in [0.25, 0.3) is 6.08 Å². The van der Waals surface area contributed by atoms with Crippen molar-refractivity contribution >= 4 is 17.7 Å². The molecule has 0 amide bonds. The lowest BCUT2D eigenvalue weighted by Gasteiger charge is -1.94. The molecule has 0 aromatic heterocycles. The Kier molecular flexibility index (Phi) is 4.64. The number of halogens is 1. The Balaban J connectivity index is 1.94. The van der Waals surface area contributed by atoms with E-state index in [0.29, 0.717) is 0 Å². The van der Waals surface area contributed by atoms with Crippen molar-refractivity contribution < 1.29 is 0 Å². The van der Waals surface area contributed by atoms with Gasteiger partial charge in [-0.25, -0.2) is 0 Å². The van der Waals surface area contributed by atoms with E-state index < -0.39 is 0 Å². The zero-order valence-electron chi connectivity index (χ0n) is 9.94. The number of allylic oxidation sites excluding steroid dienone is 1. The molecule has 0 atom stereocenters. The highest BCUT2D eigenvalue weighted by atomic mass is 35.5. The summed E-state index contributed by atoms with van der Waals surface area (Å²) in [6.45, 7) is 0. The van der Waals surface area contributed by atoms with E-state index in [2.05, 4.69) is 11.8 Å². The van der Waals surface area contributed by atoms with Crippen molar-refractivity contribution in [3.63, 3.8) is 0 Å². The van der Waals surface area contributed by atoms with Crippen molar-refractivity contribution in [1.82, 2.24) is 0 Å². The summed E-state index contributed by atoms with van der Waals surface area (Å²) in [5.41, 5.74) is 2.07. The lowest BCUT2D eigenvalue weighted by atomic mass is 10.2. The maximum Gasteiger partial charge on any atom is 0.0478 e. The first-order valence-electron chi connectivity index (χ1n) is 5.81. The zero-order valence-corrected chi connectivity index (χ0v) is 10.7. The van der Waals surface area contributed by atoms with Gasteiger partial charge < -0.3 is 0 Å². The molecule has 0 aliphatic heterocycles. The lowest BCUT2D eigenvalue weighted by molar-refractivity contribution is 1.48. The molecule has 88 valence electrons. The average Bonchev–Trinajstić information content (AvgIpc) is 2.42. The Morgan fingerprint density at radius 2 is 1.67 bits per heavy atom. The Bertz CT molecular complexity index is 586. The average molecular weight is 253 g/mol. The monoisotopic (exact) mass is 252 g/mol. The second kappa shape index (κ2) is 6.69. The van der Waals surface area contributed by atoms with Gasteiger partial charge in [0.1, 0.15) is 0 Å². The topological polar surface area (TPSA) is 0 Å². The fourth-order valence-electron chi connectivity index (χ4n) is 1.53. The highest BCUT2D eigenvalue weighted by molar-refractivity contribution is 6.32. The molecule has 1 heteroatoms. The first-order chi connectivity index (χ1) is 8.86. The molecule has 0 aliphatic rings. The van der Waals surface area contributed by atoms with Gasteiger partial charge in [-0.15, -0.1) is 0 Å². The molecule has 0 radical (unpaired) electrons. The first kappa shape index (κ1) is 12.5. The Labute approximate surface area is 113 Å². The summed E-state index contributed by atoms with van der Waals surface area (Å²) in [5, 5.41) is 0.768. The summed E-state index contributed by atoms with van der Waals surface area (Å²) in [7, 11) is 0. The molecule has 0 heterocycles. The smallest absolute Gasteiger partial charge is 0.0478 e. The van der Waals surface area contributed by atoms with Gasteiger partial charge >= 0.3 is 0 Å². The van der Waals surface area contributed by atoms with Crippen molar-refractivity contribution in [3.05, 3.63) is 76.8 Å². The second-order valence-corrected chi connectivity index (χ2v) is 4.20. The Morgan fingerprint density at radius 3 is 2.44 bits per heavy atom. The summed E-state index contributed by atoms with van der Waals surface area (Å²) in [5.74, 6) is 6.22. The highest BCUT2D eigenvalue weighted by Crippen LogP contribution is 2.16. The van der Waals surface area contributed by atoms with Crippen LogP contribution in [0, 0.1) is 11.8 Å². The van der Waals surface area contributed by atoms with Gasteiger partial charge in [0.15, 0.2) is 0 Å². The van der Waals surface area contributed by atoms with Gasteiger partial charge in [0, 0.05) is 17.0 Å². The van der Waals surface area contributed by atoms with Crippen LogP contribution in [0.4, 0.5) is 0 Å². The van der Waals surface area contributed by atoms with Crippen molar-refractivity contribution in [1.29, 1.82) is 0 Å². The van der Waals surface area contributed by atoms with E-state index in [4.69, 9.17) is 11.6 Å². The Hall–Kier alpha value is -1.97. The summed E-state index contributed by atoms with van der Waals surface area (Å²) in [6.07, 6.45) is 4.75. The standard InChI is InChI=1S/C17H13Cl/c18-17-14-8-7-13-16(17)12-6-2-5-11-15-9-3-1-4-10-15/h1,3-4,6-10,12-14H,2H2/b12-6+. The van der Waals surface area contributed by atoms with Crippen molar-refractivity contribution in [2.24, 2.45) is 0 Å². The predicted octanol–water partition coefficient (Wildman–Crippen LogP) is 4.80. The van der Waals surface area contributed by atoms with Crippen LogP contribution in [0.15, 0.2) is 60.7 Å². The normalized spacial score (nSPS) is 10.1. The van der Waals surface area contributed by atoms with E-state index in [9.17, 15) is 0 Å². The van der Waals surface area contributed by atoms with E-state index in [1.807, 2.05) is 66.7 Å². The van der Waals surface area contributed by atoms with Gasteiger partial charge in [-0.1, -0.05) is 72.0 Å². The molecule has 0 saturated carbocycles. The number of benzene rings is 2. The molecule has 2 aromatic carbocycles. The third kappa shape index (κ3) is 3.80. The largest absolute Gasteiger partial charge is 0.0937 e. The quantitative estimate of drug-likeness (QED) is 0.674. The van der Waals surface area contributed by atoms with E-state index in [-0.39, 0.29) is 0 Å². The molecule has 18 heavy (non-hydrogen) atoms. The van der Waals surface area contributed by atoms with Gasteiger partial charge in [-0.05, 0) is 23.8 Å². The van der Waals surface area contributed by atoms with Gasteiger partial charge in [0.2, 0.25) is 0 Å². The number of rotatable bonds is 2. The fraction of sp³-hybridized carbons (Fsp3) is 0.0588. The summed E-state index contributed by atoms with van der Waals surface area (Å²) >= 11 is 6.05. The molecule has 0 fully saturated rings. The third-order valence-corrected chi connectivity index (χ3v) is 2.77. The van der Waals surface area contributed by atoms with E-state index >= 15 is 0 Å². The highest BCUT2D eigenvalue weighted by Gasteiger charge is 1.91. The molecular weight excluding hydrogens is 240 g/mol. The van der Waals surface area contributed by atoms with E-state index in [1.54, 1.807) is 0 Å². The maximum atomic E-state index is 6.05. The van der Waals surface area contributed by atoms with Crippen LogP contribution < -0.4 is 0 Å². The molecule has 0 nitrogen and oxygen atoms in total. The molecule has 2 aromatic rings. The summed E-state index contributed by atoms with van der Waals surface area (Å²) in [6, 6.07) is 17.8. The van der Waals surface area contributed by atoms with Crippen LogP contribution in [0.3, 0.4) is 0 Å². The minimum Gasteiger partial charge on any atom is -0.0937 e. The minimum atomic E-state index is 0.722. The van der Waals surface area contributed by atoms with E-state index in [0.717, 1.165) is 22.6 Å². The summed E-state index contributed by atoms with van der Waals surface area (Å²) in [4.78, 5) is 0. The molecule has 0 aliphatic carbocycles. The van der Waals surface area contributed by atoms with Crippen LogP contribution in [-0.4, -0.2) is 0 Å². The first-order valence-corrected chi connectivity index (χ1v) is 6.19. The zero-order chi connectivity index (χ0) is 12.6. The Morgan fingerprint density at radius 1 is 0.944 bits per heavy atom. The second-order valence-electron chi connectivity index (χ2n) is 3.80. The van der Waals surface area contributed by atoms with Crippen LogP contribution in [-0.2, 0) is 0 Å². The van der Waals surface area contributed by atoms with Crippen LogP contribution in [0.5, 0.6) is 0 Å².